The molecule has 0 bridgehead atoms. The van der Waals surface area contributed by atoms with E-state index in [9.17, 15) is 10.1 Å². The summed E-state index contributed by atoms with van der Waals surface area (Å²) < 4.78 is 10.9. The molecule has 0 saturated carbocycles. The minimum atomic E-state index is -0.565. The van der Waals surface area contributed by atoms with Crippen molar-refractivity contribution in [3.63, 3.8) is 0 Å². The highest BCUT2D eigenvalue weighted by Crippen LogP contribution is 2.35. The van der Waals surface area contributed by atoms with Crippen LogP contribution in [0.5, 0.6) is 17.4 Å². The first-order valence-electron chi connectivity index (χ1n) is 6.29. The van der Waals surface area contributed by atoms with E-state index in [1.807, 2.05) is 0 Å². The minimum absolute atomic E-state index is 0.111. The minimum Gasteiger partial charge on any atom is -0.490 e. The summed E-state index contributed by atoms with van der Waals surface area (Å²) in [4.78, 5) is 14.2. The van der Waals surface area contributed by atoms with Crippen LogP contribution in [-0.2, 0) is 6.61 Å². The third-order valence-electron chi connectivity index (χ3n) is 2.64. The topological polar surface area (TPSA) is 94.7 Å². The molecule has 0 unspecified atom stereocenters. The van der Waals surface area contributed by atoms with Crippen LogP contribution in [0.3, 0.4) is 0 Å². The molecule has 1 aromatic carbocycles. The SMILES string of the molecule is CCOc1cc(CO)ccc1Oc1ncccc1[N+](=O)[O-]. The van der Waals surface area contributed by atoms with Crippen molar-refractivity contribution in [1.29, 1.82) is 0 Å². The Balaban J connectivity index is 2.37. The molecule has 2 aromatic rings. The van der Waals surface area contributed by atoms with Crippen LogP contribution in [0.4, 0.5) is 5.69 Å². The van der Waals surface area contributed by atoms with Crippen LogP contribution in [0, 0.1) is 10.1 Å². The Labute approximate surface area is 120 Å². The van der Waals surface area contributed by atoms with Crippen molar-refractivity contribution >= 4 is 5.69 Å². The van der Waals surface area contributed by atoms with Gasteiger partial charge in [0.05, 0.1) is 18.1 Å². The fourth-order valence-corrected chi connectivity index (χ4v) is 1.71. The number of aromatic nitrogens is 1. The van der Waals surface area contributed by atoms with Crippen molar-refractivity contribution in [2.24, 2.45) is 0 Å². The van der Waals surface area contributed by atoms with E-state index in [1.165, 1.54) is 18.3 Å². The van der Waals surface area contributed by atoms with Crippen molar-refractivity contribution in [2.75, 3.05) is 6.61 Å². The molecule has 7 heteroatoms. The average Bonchev–Trinajstić information content (AvgIpc) is 2.49. The van der Waals surface area contributed by atoms with Crippen molar-refractivity contribution in [2.45, 2.75) is 13.5 Å². The molecular formula is C14H14N2O5. The lowest BCUT2D eigenvalue weighted by molar-refractivity contribution is -0.386. The molecule has 0 saturated heterocycles. The maximum atomic E-state index is 10.9. The van der Waals surface area contributed by atoms with E-state index >= 15 is 0 Å². The second-order valence-electron chi connectivity index (χ2n) is 4.06. The first-order chi connectivity index (χ1) is 10.2. The predicted octanol–water partition coefficient (Wildman–Crippen LogP) is 2.67. The lowest BCUT2D eigenvalue weighted by Crippen LogP contribution is -1.99. The molecule has 21 heavy (non-hydrogen) atoms. The van der Waals surface area contributed by atoms with Gasteiger partial charge in [0, 0.05) is 12.3 Å². The Bertz CT molecular complexity index is 645. The number of pyridine rings is 1. The van der Waals surface area contributed by atoms with Crippen LogP contribution in [0.15, 0.2) is 36.5 Å². The van der Waals surface area contributed by atoms with Gasteiger partial charge >= 0.3 is 5.69 Å². The summed E-state index contributed by atoms with van der Waals surface area (Å²) >= 11 is 0. The first kappa shape index (κ1) is 14.7. The number of hydrogen-bond acceptors (Lipinski definition) is 6. The van der Waals surface area contributed by atoms with Gasteiger partial charge in [-0.3, -0.25) is 10.1 Å². The van der Waals surface area contributed by atoms with E-state index in [4.69, 9.17) is 14.6 Å². The molecule has 7 nitrogen and oxygen atoms in total. The predicted molar refractivity (Wildman–Crippen MR) is 74.5 cm³/mol. The van der Waals surface area contributed by atoms with Crippen molar-refractivity contribution < 1.29 is 19.5 Å². The van der Waals surface area contributed by atoms with E-state index < -0.39 is 4.92 Å². The summed E-state index contributed by atoms with van der Waals surface area (Å²) in [7, 11) is 0. The summed E-state index contributed by atoms with van der Waals surface area (Å²) in [6.45, 7) is 2.07. The third-order valence-corrected chi connectivity index (χ3v) is 2.64. The van der Waals surface area contributed by atoms with Crippen molar-refractivity contribution in [3.8, 4) is 17.4 Å². The Morgan fingerprint density at radius 1 is 1.33 bits per heavy atom. The smallest absolute Gasteiger partial charge is 0.331 e. The Kier molecular flexibility index (Phi) is 4.68. The summed E-state index contributed by atoms with van der Waals surface area (Å²) in [6.07, 6.45) is 1.41. The van der Waals surface area contributed by atoms with Gasteiger partial charge in [-0.1, -0.05) is 6.07 Å². The van der Waals surface area contributed by atoms with Gasteiger partial charge in [0.1, 0.15) is 0 Å². The van der Waals surface area contributed by atoms with Gasteiger partial charge in [-0.05, 0) is 30.7 Å². The molecule has 110 valence electrons. The van der Waals surface area contributed by atoms with Gasteiger partial charge in [0.15, 0.2) is 11.5 Å². The Morgan fingerprint density at radius 2 is 2.14 bits per heavy atom. The number of nitrogens with zero attached hydrogens (tertiary/aromatic N) is 2. The van der Waals surface area contributed by atoms with Crippen LogP contribution in [0.25, 0.3) is 0 Å². The highest BCUT2D eigenvalue weighted by molar-refractivity contribution is 5.48. The fourth-order valence-electron chi connectivity index (χ4n) is 1.71. The van der Waals surface area contributed by atoms with Crippen LogP contribution in [0.2, 0.25) is 0 Å². The Morgan fingerprint density at radius 3 is 2.81 bits per heavy atom. The van der Waals surface area contributed by atoms with Crippen LogP contribution in [0.1, 0.15) is 12.5 Å². The number of benzene rings is 1. The highest BCUT2D eigenvalue weighted by Gasteiger charge is 2.18. The van der Waals surface area contributed by atoms with Gasteiger partial charge in [-0.15, -0.1) is 0 Å². The van der Waals surface area contributed by atoms with E-state index in [0.29, 0.717) is 23.7 Å². The van der Waals surface area contributed by atoms with E-state index in [1.54, 1.807) is 25.1 Å². The zero-order chi connectivity index (χ0) is 15.2. The van der Waals surface area contributed by atoms with Crippen molar-refractivity contribution in [1.82, 2.24) is 4.98 Å². The Hall–Kier alpha value is -2.67. The second-order valence-corrected chi connectivity index (χ2v) is 4.06. The van der Waals surface area contributed by atoms with Gasteiger partial charge in [-0.2, -0.15) is 0 Å². The summed E-state index contributed by atoms with van der Waals surface area (Å²) in [5.74, 6) is 0.583. The maximum Gasteiger partial charge on any atom is 0.331 e. The van der Waals surface area contributed by atoms with Gasteiger partial charge < -0.3 is 14.6 Å². The molecule has 0 aliphatic rings. The standard InChI is InChI=1S/C14H14N2O5/c1-2-20-13-8-10(9-17)5-6-12(13)21-14-11(16(18)19)4-3-7-15-14/h3-8,17H,2,9H2,1H3. The molecule has 0 amide bonds. The van der Waals surface area contributed by atoms with Crippen molar-refractivity contribution in [3.05, 3.63) is 52.2 Å². The largest absolute Gasteiger partial charge is 0.490 e. The average molecular weight is 290 g/mol. The lowest BCUT2D eigenvalue weighted by Gasteiger charge is -2.12. The highest BCUT2D eigenvalue weighted by atomic mass is 16.6. The molecule has 1 aromatic heterocycles. The van der Waals surface area contributed by atoms with E-state index in [-0.39, 0.29) is 18.2 Å². The van der Waals surface area contributed by atoms with Crippen LogP contribution >= 0.6 is 0 Å². The molecule has 0 fully saturated rings. The summed E-state index contributed by atoms with van der Waals surface area (Å²) in [6, 6.07) is 7.61. The third kappa shape index (κ3) is 3.46. The quantitative estimate of drug-likeness (QED) is 0.649. The zero-order valence-corrected chi connectivity index (χ0v) is 11.4. The summed E-state index contributed by atoms with van der Waals surface area (Å²) in [5, 5.41) is 20.1. The molecule has 0 aliphatic heterocycles. The molecule has 0 radical (unpaired) electrons. The van der Waals surface area contributed by atoms with E-state index in [0.717, 1.165) is 0 Å². The second kappa shape index (κ2) is 6.67. The van der Waals surface area contributed by atoms with Gasteiger partial charge in [0.2, 0.25) is 0 Å². The number of aliphatic hydroxyl groups excluding tert-OH is 1. The molecular weight excluding hydrogens is 276 g/mol. The molecule has 1 N–H and O–H groups in total. The van der Waals surface area contributed by atoms with E-state index in [2.05, 4.69) is 4.98 Å². The molecule has 0 spiro atoms. The number of ether oxygens (including phenoxy) is 2. The normalized spacial score (nSPS) is 10.2. The molecule has 0 aliphatic carbocycles. The first-order valence-corrected chi connectivity index (χ1v) is 6.29. The van der Waals surface area contributed by atoms with Gasteiger partial charge in [0.25, 0.3) is 5.88 Å². The number of hydrogen-bond donors (Lipinski definition) is 1. The zero-order valence-electron chi connectivity index (χ0n) is 11.4. The maximum absolute atomic E-state index is 10.9. The summed E-state index contributed by atoms with van der Waals surface area (Å²) in [5.41, 5.74) is 0.424. The monoisotopic (exact) mass is 290 g/mol. The number of rotatable bonds is 6. The molecule has 2 rings (SSSR count). The molecule has 0 atom stereocenters. The lowest BCUT2D eigenvalue weighted by atomic mass is 10.2. The number of nitro groups is 1. The molecule has 1 heterocycles. The van der Waals surface area contributed by atoms with Crippen LogP contribution in [-0.4, -0.2) is 21.6 Å². The number of aliphatic hydroxyl groups is 1. The fraction of sp³-hybridized carbons (Fsp3) is 0.214. The van der Waals surface area contributed by atoms with Crippen LogP contribution < -0.4 is 9.47 Å². The van der Waals surface area contributed by atoms with Gasteiger partial charge in [-0.25, -0.2) is 4.98 Å².